The summed E-state index contributed by atoms with van der Waals surface area (Å²) in [5, 5.41) is 21.6. The van der Waals surface area contributed by atoms with Crippen molar-refractivity contribution in [1.29, 1.82) is 0 Å². The zero-order chi connectivity index (χ0) is 19.3. The van der Waals surface area contributed by atoms with E-state index in [2.05, 4.69) is 10.2 Å². The van der Waals surface area contributed by atoms with E-state index in [1.165, 1.54) is 4.57 Å². The minimum atomic E-state index is -2.50. The molecular weight excluding hydrogens is 347 g/mol. The first-order valence-electron chi connectivity index (χ1n) is 8.59. The lowest BCUT2D eigenvalue weighted by Gasteiger charge is -2.12. The van der Waals surface area contributed by atoms with Crippen LogP contribution in [0.25, 0.3) is 5.69 Å². The molecule has 2 heterocycles. The second kappa shape index (κ2) is 5.61. The van der Waals surface area contributed by atoms with Gasteiger partial charge in [-0.2, -0.15) is 4.74 Å². The van der Waals surface area contributed by atoms with Crippen LogP contribution in [0.4, 0.5) is 0 Å². The molecule has 0 saturated carbocycles. The quantitative estimate of drug-likeness (QED) is 0.489. The Morgan fingerprint density at radius 1 is 1.17 bits per heavy atom. The Kier molecular flexibility index (Phi) is 2.82. The molecule has 1 aromatic heterocycles. The molecular formula is C17H12Cl2N4O. The van der Waals surface area contributed by atoms with E-state index < -0.39 is 6.85 Å². The number of nitrogens with zero attached hydrogens (tertiary/aromatic N) is 4. The van der Waals surface area contributed by atoms with Gasteiger partial charge in [0.25, 0.3) is 0 Å². The highest BCUT2D eigenvalue weighted by atomic mass is 35.5. The Morgan fingerprint density at radius 3 is 2.79 bits per heavy atom. The first-order chi connectivity index (χ1) is 12.8. The van der Waals surface area contributed by atoms with Gasteiger partial charge in [-0.15, -0.1) is 10.2 Å². The van der Waals surface area contributed by atoms with Crippen molar-refractivity contribution in [2.45, 2.75) is 13.4 Å². The molecule has 4 rings (SSSR count). The molecule has 1 aliphatic heterocycles. The normalized spacial score (nSPS) is 15.8. The molecule has 0 spiro atoms. The van der Waals surface area contributed by atoms with Gasteiger partial charge in [0.05, 0.1) is 21.8 Å². The van der Waals surface area contributed by atoms with Crippen molar-refractivity contribution in [3.8, 4) is 5.69 Å². The Bertz CT molecular complexity index is 1090. The van der Waals surface area contributed by atoms with Crippen LogP contribution < -0.4 is 0 Å². The predicted molar refractivity (Wildman–Crippen MR) is 93.1 cm³/mol. The maximum Gasteiger partial charge on any atom is 0.229 e. The SMILES string of the molecule is [2H]C([2H])([2H])c1nnc2n1-c1ccc(Cl)cc1C(c1ccccc1Cl)=[N+]([O-])C2. The summed E-state index contributed by atoms with van der Waals surface area (Å²) in [6.07, 6.45) is 0. The molecule has 0 fully saturated rings. The Hall–Kier alpha value is -2.37. The lowest BCUT2D eigenvalue weighted by Crippen LogP contribution is -2.18. The zero-order valence-corrected chi connectivity index (χ0v) is 13.7. The van der Waals surface area contributed by atoms with Crippen LogP contribution in [0.15, 0.2) is 42.5 Å². The maximum absolute atomic E-state index is 13.0. The number of aromatic nitrogens is 3. The van der Waals surface area contributed by atoms with Crippen molar-refractivity contribution in [3.05, 3.63) is 80.5 Å². The number of hydroxylamine groups is 1. The molecule has 0 bridgehead atoms. The molecule has 7 heteroatoms. The first kappa shape index (κ1) is 12.1. The standard InChI is InChI=1S/C17H12Cl2N4O/c1-10-20-21-16-9-22(24)17(12-4-2-3-5-14(12)19)13-8-11(18)6-7-15(13)23(10)16/h2-8H,9H2,1H3/i1D3. The average molecular weight is 362 g/mol. The fourth-order valence-corrected chi connectivity index (χ4v) is 3.24. The van der Waals surface area contributed by atoms with Crippen LogP contribution in [-0.2, 0) is 6.54 Å². The monoisotopic (exact) mass is 361 g/mol. The van der Waals surface area contributed by atoms with Gasteiger partial charge >= 0.3 is 0 Å². The molecule has 0 unspecified atom stereocenters. The number of rotatable bonds is 1. The van der Waals surface area contributed by atoms with Crippen LogP contribution in [0, 0.1) is 12.1 Å². The van der Waals surface area contributed by atoms with Gasteiger partial charge in [-0.05, 0) is 37.2 Å². The number of halogens is 2. The van der Waals surface area contributed by atoms with E-state index in [4.69, 9.17) is 27.3 Å². The van der Waals surface area contributed by atoms with Crippen molar-refractivity contribution in [1.82, 2.24) is 14.8 Å². The van der Waals surface area contributed by atoms with Crippen LogP contribution in [-0.4, -0.2) is 25.2 Å². The Morgan fingerprint density at radius 2 is 2.00 bits per heavy atom. The fraction of sp³-hybridized carbons (Fsp3) is 0.118. The molecule has 5 nitrogen and oxygen atoms in total. The number of hydrogen-bond donors (Lipinski definition) is 0. The van der Waals surface area contributed by atoms with Gasteiger partial charge in [0.1, 0.15) is 5.82 Å². The molecule has 0 N–H and O–H groups in total. The highest BCUT2D eigenvalue weighted by Gasteiger charge is 2.29. The third kappa shape index (κ3) is 2.28. The molecule has 0 aliphatic carbocycles. The second-order valence-electron chi connectivity index (χ2n) is 5.30. The number of hydrogen-bond acceptors (Lipinski definition) is 3. The van der Waals surface area contributed by atoms with Gasteiger partial charge in [-0.3, -0.25) is 4.57 Å². The minimum absolute atomic E-state index is 0.185. The van der Waals surface area contributed by atoms with Crippen LogP contribution in [0.1, 0.15) is 26.9 Å². The van der Waals surface area contributed by atoms with Crippen LogP contribution in [0.3, 0.4) is 0 Å². The molecule has 0 saturated heterocycles. The lowest BCUT2D eigenvalue weighted by atomic mass is 10.00. The number of benzene rings is 2. The highest BCUT2D eigenvalue weighted by molar-refractivity contribution is 6.35. The van der Waals surface area contributed by atoms with Crippen molar-refractivity contribution in [2.24, 2.45) is 0 Å². The minimum Gasteiger partial charge on any atom is -0.623 e. The smallest absolute Gasteiger partial charge is 0.229 e. The van der Waals surface area contributed by atoms with E-state index in [0.717, 1.165) is 4.74 Å². The van der Waals surface area contributed by atoms with E-state index in [1.807, 2.05) is 0 Å². The third-order valence-corrected chi connectivity index (χ3v) is 4.41. The summed E-state index contributed by atoms with van der Waals surface area (Å²) < 4.78 is 25.4. The second-order valence-corrected chi connectivity index (χ2v) is 6.15. The van der Waals surface area contributed by atoms with E-state index in [-0.39, 0.29) is 18.2 Å². The van der Waals surface area contributed by atoms with E-state index >= 15 is 0 Å². The Balaban J connectivity index is 2.08. The summed E-state index contributed by atoms with van der Waals surface area (Å²) in [6, 6.07) is 11.8. The van der Waals surface area contributed by atoms with E-state index in [1.54, 1.807) is 42.5 Å². The van der Waals surface area contributed by atoms with Crippen LogP contribution >= 0.6 is 23.2 Å². The molecule has 24 heavy (non-hydrogen) atoms. The molecule has 3 aromatic rings. The fourth-order valence-electron chi connectivity index (χ4n) is 2.84. The van der Waals surface area contributed by atoms with Crippen molar-refractivity contribution >= 4 is 28.9 Å². The summed E-state index contributed by atoms with van der Waals surface area (Å²) in [7, 11) is 0. The van der Waals surface area contributed by atoms with Gasteiger partial charge in [0.15, 0.2) is 0 Å². The lowest BCUT2D eigenvalue weighted by molar-refractivity contribution is -0.475. The Labute approximate surface area is 152 Å². The van der Waals surface area contributed by atoms with Gasteiger partial charge in [-0.25, -0.2) is 0 Å². The van der Waals surface area contributed by atoms with Crippen LogP contribution in [0.5, 0.6) is 0 Å². The van der Waals surface area contributed by atoms with Gasteiger partial charge in [0.2, 0.25) is 18.1 Å². The topological polar surface area (TPSA) is 56.8 Å². The summed E-state index contributed by atoms with van der Waals surface area (Å²) in [6.45, 7) is -2.68. The van der Waals surface area contributed by atoms with Gasteiger partial charge < -0.3 is 5.21 Å². The molecule has 120 valence electrons. The average Bonchev–Trinajstić information content (AvgIpc) is 2.96. The largest absolute Gasteiger partial charge is 0.623 e. The maximum atomic E-state index is 13.0. The summed E-state index contributed by atoms with van der Waals surface area (Å²) in [4.78, 5) is 0. The van der Waals surface area contributed by atoms with Crippen molar-refractivity contribution in [2.75, 3.05) is 0 Å². The number of aryl methyl sites for hydroxylation is 1. The summed E-state index contributed by atoms with van der Waals surface area (Å²) in [5.74, 6) is 0.0108. The predicted octanol–water partition coefficient (Wildman–Crippen LogP) is 3.74. The van der Waals surface area contributed by atoms with E-state index in [0.29, 0.717) is 32.6 Å². The zero-order valence-electron chi connectivity index (χ0n) is 15.2. The molecule has 0 atom stereocenters. The van der Waals surface area contributed by atoms with Crippen molar-refractivity contribution in [3.63, 3.8) is 0 Å². The van der Waals surface area contributed by atoms with E-state index in [9.17, 15) is 5.21 Å². The van der Waals surface area contributed by atoms with Crippen molar-refractivity contribution < 1.29 is 8.85 Å². The third-order valence-electron chi connectivity index (χ3n) is 3.85. The molecule has 2 aromatic carbocycles. The number of fused-ring (bicyclic) bond motifs is 3. The highest BCUT2D eigenvalue weighted by Crippen LogP contribution is 2.29. The molecule has 0 amide bonds. The summed E-state index contributed by atoms with van der Waals surface area (Å²) in [5.41, 5.74) is 1.72. The van der Waals surface area contributed by atoms with Gasteiger partial charge in [0, 0.05) is 9.13 Å². The summed E-state index contributed by atoms with van der Waals surface area (Å²) >= 11 is 12.5. The van der Waals surface area contributed by atoms with Crippen LogP contribution in [0.2, 0.25) is 10.0 Å². The molecule has 0 radical (unpaired) electrons. The first-order valence-corrected chi connectivity index (χ1v) is 7.84. The van der Waals surface area contributed by atoms with Gasteiger partial charge in [-0.1, -0.05) is 35.3 Å². The molecule has 1 aliphatic rings.